The summed E-state index contributed by atoms with van der Waals surface area (Å²) in [5, 5.41) is 0. The van der Waals surface area contributed by atoms with Gasteiger partial charge in [0.2, 0.25) is 5.91 Å². The summed E-state index contributed by atoms with van der Waals surface area (Å²) in [6.45, 7) is 2.66. The molecule has 0 fully saturated rings. The maximum Gasteiger partial charge on any atom is 0.246 e. The highest BCUT2D eigenvalue weighted by atomic mass is 16.2. The molecule has 3 heteroatoms. The molecule has 2 N–H and O–H groups in total. The van der Waals surface area contributed by atoms with Gasteiger partial charge in [-0.1, -0.05) is 36.4 Å². The first-order chi connectivity index (χ1) is 10.1. The molecule has 1 amide bonds. The van der Waals surface area contributed by atoms with Crippen LogP contribution >= 0.6 is 0 Å². The molecule has 0 aliphatic carbocycles. The molecule has 0 heterocycles. The van der Waals surface area contributed by atoms with Gasteiger partial charge in [-0.05, 0) is 41.8 Å². The number of rotatable bonds is 4. The van der Waals surface area contributed by atoms with Crippen LogP contribution in [0.3, 0.4) is 0 Å². The zero-order valence-corrected chi connectivity index (χ0v) is 12.4. The van der Waals surface area contributed by atoms with Crippen LogP contribution in [-0.4, -0.2) is 17.9 Å². The Morgan fingerprint density at radius 2 is 1.81 bits per heavy atom. The van der Waals surface area contributed by atoms with Crippen LogP contribution in [0, 0.1) is 6.92 Å². The lowest BCUT2D eigenvalue weighted by atomic mass is 10.1. The number of hydrogen-bond donors (Lipinski definition) is 1. The molecule has 0 bridgehead atoms. The first kappa shape index (κ1) is 14.9. The highest BCUT2D eigenvalue weighted by Gasteiger charge is 2.07. The van der Waals surface area contributed by atoms with Crippen molar-refractivity contribution in [3.63, 3.8) is 0 Å². The third-order valence-electron chi connectivity index (χ3n) is 3.40. The van der Waals surface area contributed by atoms with Crippen molar-refractivity contribution < 1.29 is 4.79 Å². The predicted molar refractivity (Wildman–Crippen MR) is 87.5 cm³/mol. The van der Waals surface area contributed by atoms with Crippen LogP contribution in [0.25, 0.3) is 6.08 Å². The SMILES string of the molecule is Cc1ccccc1CN(C)C(=O)/C=C/c1ccc(N)cc1. The van der Waals surface area contributed by atoms with Crippen molar-refractivity contribution in [2.45, 2.75) is 13.5 Å². The Morgan fingerprint density at radius 3 is 2.48 bits per heavy atom. The Morgan fingerprint density at radius 1 is 1.14 bits per heavy atom. The number of carbonyl (C=O) groups is 1. The first-order valence-corrected chi connectivity index (χ1v) is 6.89. The summed E-state index contributed by atoms with van der Waals surface area (Å²) in [6.07, 6.45) is 3.39. The fraction of sp³-hybridized carbons (Fsp3) is 0.167. The molecule has 0 saturated carbocycles. The molecule has 2 aromatic carbocycles. The zero-order valence-electron chi connectivity index (χ0n) is 12.4. The van der Waals surface area contributed by atoms with Gasteiger partial charge in [0.1, 0.15) is 0 Å². The van der Waals surface area contributed by atoms with E-state index >= 15 is 0 Å². The summed E-state index contributed by atoms with van der Waals surface area (Å²) in [7, 11) is 1.81. The van der Waals surface area contributed by atoms with E-state index in [-0.39, 0.29) is 5.91 Å². The molecule has 2 rings (SSSR count). The average Bonchev–Trinajstić information content (AvgIpc) is 2.48. The van der Waals surface area contributed by atoms with Gasteiger partial charge in [0.05, 0.1) is 0 Å². The number of benzene rings is 2. The van der Waals surface area contributed by atoms with Gasteiger partial charge < -0.3 is 10.6 Å². The molecule has 21 heavy (non-hydrogen) atoms. The van der Waals surface area contributed by atoms with Gasteiger partial charge in [-0.2, -0.15) is 0 Å². The summed E-state index contributed by atoms with van der Waals surface area (Å²) >= 11 is 0. The summed E-state index contributed by atoms with van der Waals surface area (Å²) < 4.78 is 0. The molecule has 2 aromatic rings. The Labute approximate surface area is 125 Å². The maximum absolute atomic E-state index is 12.1. The number of nitrogens with zero attached hydrogens (tertiary/aromatic N) is 1. The van der Waals surface area contributed by atoms with Crippen LogP contribution in [-0.2, 0) is 11.3 Å². The van der Waals surface area contributed by atoms with E-state index in [0.717, 1.165) is 16.8 Å². The highest BCUT2D eigenvalue weighted by Crippen LogP contribution is 2.11. The molecule has 3 nitrogen and oxygen atoms in total. The van der Waals surface area contributed by atoms with Crippen molar-refractivity contribution in [2.75, 3.05) is 12.8 Å². The topological polar surface area (TPSA) is 46.3 Å². The van der Waals surface area contributed by atoms with Crippen molar-refractivity contribution in [2.24, 2.45) is 0 Å². The first-order valence-electron chi connectivity index (χ1n) is 6.89. The number of hydrogen-bond acceptors (Lipinski definition) is 2. The molecular formula is C18H20N2O. The maximum atomic E-state index is 12.1. The number of nitrogens with two attached hydrogens (primary N) is 1. The van der Waals surface area contributed by atoms with Gasteiger partial charge in [-0.15, -0.1) is 0 Å². The van der Waals surface area contributed by atoms with Crippen LogP contribution in [0.2, 0.25) is 0 Å². The summed E-state index contributed by atoms with van der Waals surface area (Å²) in [5.74, 6) is -0.0184. The van der Waals surface area contributed by atoms with E-state index in [1.165, 1.54) is 5.56 Å². The highest BCUT2D eigenvalue weighted by molar-refractivity contribution is 5.91. The summed E-state index contributed by atoms with van der Waals surface area (Å²) in [6, 6.07) is 15.5. The number of amides is 1. The van der Waals surface area contributed by atoms with Gasteiger partial charge in [-0.3, -0.25) is 4.79 Å². The number of carbonyl (C=O) groups excluding carboxylic acids is 1. The smallest absolute Gasteiger partial charge is 0.246 e. The Bertz CT molecular complexity index is 645. The van der Waals surface area contributed by atoms with Crippen molar-refractivity contribution in [1.82, 2.24) is 4.90 Å². The lowest BCUT2D eigenvalue weighted by Gasteiger charge is -2.16. The van der Waals surface area contributed by atoms with E-state index in [9.17, 15) is 4.79 Å². The van der Waals surface area contributed by atoms with Crippen molar-refractivity contribution >= 4 is 17.7 Å². The Kier molecular flexibility index (Phi) is 4.77. The minimum absolute atomic E-state index is 0.0184. The molecule has 0 unspecified atom stereocenters. The summed E-state index contributed by atoms with van der Waals surface area (Å²) in [4.78, 5) is 13.8. The minimum Gasteiger partial charge on any atom is -0.399 e. The molecule has 0 aliphatic heterocycles. The quantitative estimate of drug-likeness (QED) is 0.690. The van der Waals surface area contributed by atoms with Crippen LogP contribution in [0.4, 0.5) is 5.69 Å². The lowest BCUT2D eigenvalue weighted by molar-refractivity contribution is -0.125. The van der Waals surface area contributed by atoms with Gasteiger partial charge >= 0.3 is 0 Å². The molecule has 0 aliphatic rings. The van der Waals surface area contributed by atoms with E-state index in [0.29, 0.717) is 6.54 Å². The van der Waals surface area contributed by atoms with Crippen molar-refractivity contribution in [1.29, 1.82) is 0 Å². The Balaban J connectivity index is 1.99. The molecule has 0 atom stereocenters. The van der Waals surface area contributed by atoms with E-state index < -0.39 is 0 Å². The molecule has 0 radical (unpaired) electrons. The summed E-state index contributed by atoms with van der Waals surface area (Å²) in [5.41, 5.74) is 9.66. The van der Waals surface area contributed by atoms with Gasteiger partial charge in [-0.25, -0.2) is 0 Å². The van der Waals surface area contributed by atoms with Crippen LogP contribution in [0.5, 0.6) is 0 Å². The monoisotopic (exact) mass is 280 g/mol. The van der Waals surface area contributed by atoms with Gasteiger partial charge in [0, 0.05) is 25.4 Å². The fourth-order valence-electron chi connectivity index (χ4n) is 2.02. The third kappa shape index (κ3) is 4.21. The molecule has 0 aromatic heterocycles. The Hall–Kier alpha value is -2.55. The third-order valence-corrected chi connectivity index (χ3v) is 3.40. The van der Waals surface area contributed by atoms with Crippen molar-refractivity contribution in [3.8, 4) is 0 Å². The van der Waals surface area contributed by atoms with Crippen molar-refractivity contribution in [3.05, 3.63) is 71.3 Å². The second-order valence-electron chi connectivity index (χ2n) is 5.12. The second kappa shape index (κ2) is 6.75. The van der Waals surface area contributed by atoms with E-state index in [1.807, 2.05) is 49.5 Å². The van der Waals surface area contributed by atoms with Gasteiger partial charge in [0.15, 0.2) is 0 Å². The standard InChI is InChI=1S/C18H20N2O/c1-14-5-3-4-6-16(14)13-20(2)18(21)12-9-15-7-10-17(19)11-8-15/h3-12H,13,19H2,1-2H3/b12-9+. The number of anilines is 1. The van der Waals surface area contributed by atoms with E-state index in [1.54, 1.807) is 17.1 Å². The zero-order chi connectivity index (χ0) is 15.2. The van der Waals surface area contributed by atoms with Crippen LogP contribution < -0.4 is 5.73 Å². The average molecular weight is 280 g/mol. The molecule has 0 saturated heterocycles. The normalized spacial score (nSPS) is 10.8. The van der Waals surface area contributed by atoms with E-state index in [4.69, 9.17) is 5.73 Å². The van der Waals surface area contributed by atoms with E-state index in [2.05, 4.69) is 13.0 Å². The molecular weight excluding hydrogens is 260 g/mol. The number of aryl methyl sites for hydroxylation is 1. The lowest BCUT2D eigenvalue weighted by Crippen LogP contribution is -2.24. The fourth-order valence-corrected chi connectivity index (χ4v) is 2.02. The second-order valence-corrected chi connectivity index (χ2v) is 5.12. The van der Waals surface area contributed by atoms with Crippen LogP contribution in [0.1, 0.15) is 16.7 Å². The number of nitrogen functional groups attached to an aromatic ring is 1. The number of likely N-dealkylation sites (N-methyl/N-ethyl adjacent to an activating group) is 1. The van der Waals surface area contributed by atoms with Gasteiger partial charge in [0.25, 0.3) is 0 Å². The van der Waals surface area contributed by atoms with Crippen LogP contribution in [0.15, 0.2) is 54.6 Å². The molecule has 0 spiro atoms. The predicted octanol–water partition coefficient (Wildman–Crippen LogP) is 3.25. The minimum atomic E-state index is -0.0184. The largest absolute Gasteiger partial charge is 0.399 e. The molecule has 108 valence electrons.